The van der Waals surface area contributed by atoms with Crippen LogP contribution in [-0.4, -0.2) is 38.8 Å². The van der Waals surface area contributed by atoms with Crippen LogP contribution in [-0.2, 0) is 24.1 Å². The summed E-state index contributed by atoms with van der Waals surface area (Å²) in [6.45, 7) is 7.89. The lowest BCUT2D eigenvalue weighted by Gasteiger charge is -2.27. The average molecular weight is 349 g/mol. The summed E-state index contributed by atoms with van der Waals surface area (Å²) in [5.74, 6) is 2.56. The van der Waals surface area contributed by atoms with Crippen LogP contribution in [0.5, 0.6) is 0 Å². The topological polar surface area (TPSA) is 66.0 Å². The van der Waals surface area contributed by atoms with E-state index in [1.807, 2.05) is 18.7 Å². The number of aryl methyl sites for hydroxylation is 3. The van der Waals surface area contributed by atoms with Gasteiger partial charge in [-0.05, 0) is 58.3 Å². The van der Waals surface area contributed by atoms with Crippen molar-refractivity contribution in [2.45, 2.75) is 58.6 Å². The van der Waals surface area contributed by atoms with Crippen LogP contribution in [0.25, 0.3) is 11.0 Å². The number of anilines is 1. The summed E-state index contributed by atoms with van der Waals surface area (Å²) in [5.41, 5.74) is 10.5. The summed E-state index contributed by atoms with van der Waals surface area (Å²) >= 11 is 1.81. The van der Waals surface area contributed by atoms with E-state index in [4.69, 9.17) is 15.5 Å². The van der Waals surface area contributed by atoms with E-state index in [1.165, 1.54) is 23.9 Å². The van der Waals surface area contributed by atoms with E-state index in [2.05, 4.69) is 29.7 Å². The number of pyridine rings is 1. The van der Waals surface area contributed by atoms with E-state index in [0.29, 0.717) is 5.82 Å². The largest absolute Gasteiger partial charge is 0.382 e. The number of hydrogen-bond acceptors (Lipinski definition) is 5. The Morgan fingerprint density at radius 3 is 2.75 bits per heavy atom. The molecule has 0 saturated carbocycles. The molecule has 0 radical (unpaired) electrons. The Kier molecular flexibility index (Phi) is 5.06. The highest BCUT2D eigenvalue weighted by atomic mass is 32.2. The van der Waals surface area contributed by atoms with Crippen LogP contribution in [0, 0.1) is 6.92 Å². The second-order valence-corrected chi connectivity index (χ2v) is 8.16. The molecule has 5 nitrogen and oxygen atoms in total. The maximum absolute atomic E-state index is 6.20. The molecule has 24 heavy (non-hydrogen) atoms. The van der Waals surface area contributed by atoms with Gasteiger partial charge in [0.25, 0.3) is 0 Å². The van der Waals surface area contributed by atoms with Crippen LogP contribution in [0.15, 0.2) is 0 Å². The number of aromatic nitrogens is 3. The van der Waals surface area contributed by atoms with E-state index >= 15 is 0 Å². The van der Waals surface area contributed by atoms with E-state index in [0.717, 1.165) is 48.8 Å². The summed E-state index contributed by atoms with van der Waals surface area (Å²) in [7, 11) is 0. The average Bonchev–Trinajstić information content (AvgIpc) is 2.85. The number of rotatable bonds is 6. The lowest BCUT2D eigenvalue weighted by molar-refractivity contribution is -0.0205. The molecule has 0 aromatic carbocycles. The first-order chi connectivity index (χ1) is 11.4. The van der Waals surface area contributed by atoms with Crippen LogP contribution in [0.3, 0.4) is 0 Å². The van der Waals surface area contributed by atoms with Crippen molar-refractivity contribution in [1.29, 1.82) is 0 Å². The van der Waals surface area contributed by atoms with Crippen LogP contribution in [0.4, 0.5) is 5.82 Å². The molecule has 1 aliphatic rings. The summed E-state index contributed by atoms with van der Waals surface area (Å²) in [6.07, 6.45) is 6.60. The monoisotopic (exact) mass is 348 g/mol. The Balaban J connectivity index is 2.01. The molecule has 2 heterocycles. The lowest BCUT2D eigenvalue weighted by Crippen LogP contribution is -2.32. The van der Waals surface area contributed by atoms with Crippen molar-refractivity contribution in [3.05, 3.63) is 17.1 Å². The molecule has 1 aliphatic carbocycles. The first kappa shape index (κ1) is 17.5. The van der Waals surface area contributed by atoms with E-state index in [9.17, 15) is 0 Å². The van der Waals surface area contributed by atoms with Gasteiger partial charge in [0.2, 0.25) is 0 Å². The molecule has 0 aliphatic heterocycles. The number of nitrogens with two attached hydrogens (primary N) is 1. The maximum Gasteiger partial charge on any atom is 0.151 e. The zero-order valence-electron chi connectivity index (χ0n) is 15.2. The molecular weight excluding hydrogens is 320 g/mol. The fraction of sp³-hybridized carbons (Fsp3) is 0.667. The van der Waals surface area contributed by atoms with Crippen LogP contribution < -0.4 is 5.73 Å². The number of fused-ring (bicyclic) bond motifs is 3. The van der Waals surface area contributed by atoms with Crippen LogP contribution >= 0.6 is 11.8 Å². The standard InChI is InChI=1S/C18H28N4OS/c1-12-20-15-16(13-7-5-6-8-14(13)21-17(15)19)22(12)11-18(2,3)23-9-10-24-4/h5-11H2,1-4H3,(H2,19,21). The molecule has 0 spiro atoms. The highest BCUT2D eigenvalue weighted by molar-refractivity contribution is 7.98. The van der Waals surface area contributed by atoms with Gasteiger partial charge in [0.15, 0.2) is 5.82 Å². The molecule has 0 unspecified atom stereocenters. The van der Waals surface area contributed by atoms with Gasteiger partial charge < -0.3 is 15.0 Å². The highest BCUT2D eigenvalue weighted by Gasteiger charge is 2.26. The van der Waals surface area contributed by atoms with Crippen molar-refractivity contribution in [2.75, 3.05) is 24.3 Å². The van der Waals surface area contributed by atoms with E-state index < -0.39 is 0 Å². The van der Waals surface area contributed by atoms with Gasteiger partial charge in [-0.1, -0.05) is 0 Å². The quantitative estimate of drug-likeness (QED) is 0.811. The first-order valence-electron chi connectivity index (χ1n) is 8.70. The molecule has 0 atom stereocenters. The van der Waals surface area contributed by atoms with E-state index in [1.54, 1.807) is 0 Å². The van der Waals surface area contributed by atoms with Gasteiger partial charge >= 0.3 is 0 Å². The van der Waals surface area contributed by atoms with Crippen molar-refractivity contribution >= 4 is 28.6 Å². The summed E-state index contributed by atoms with van der Waals surface area (Å²) < 4.78 is 8.39. The van der Waals surface area contributed by atoms with Gasteiger partial charge in [-0.2, -0.15) is 11.8 Å². The second-order valence-electron chi connectivity index (χ2n) is 7.17. The number of hydrogen-bond donors (Lipinski definition) is 1. The molecule has 0 saturated heterocycles. The summed E-state index contributed by atoms with van der Waals surface area (Å²) in [4.78, 5) is 9.34. The molecule has 0 amide bonds. The Hall–Kier alpha value is -1.27. The van der Waals surface area contributed by atoms with Gasteiger partial charge in [-0.25, -0.2) is 9.97 Å². The van der Waals surface area contributed by atoms with Crippen molar-refractivity contribution in [2.24, 2.45) is 0 Å². The molecule has 0 fully saturated rings. The fourth-order valence-corrected chi connectivity index (χ4v) is 3.79. The van der Waals surface area contributed by atoms with Gasteiger partial charge in [0.1, 0.15) is 11.3 Å². The summed E-state index contributed by atoms with van der Waals surface area (Å²) in [5, 5.41) is 0. The molecule has 0 bridgehead atoms. The zero-order chi connectivity index (χ0) is 17.3. The fourth-order valence-electron chi connectivity index (χ4n) is 3.54. The normalized spacial score (nSPS) is 15.0. The van der Waals surface area contributed by atoms with Crippen molar-refractivity contribution in [3.63, 3.8) is 0 Å². The van der Waals surface area contributed by atoms with E-state index in [-0.39, 0.29) is 5.60 Å². The SMILES string of the molecule is CSCCOC(C)(C)Cn1c(C)nc2c(N)nc3c(c21)CCCC3. The Morgan fingerprint density at radius 2 is 2.00 bits per heavy atom. The minimum absolute atomic E-state index is 0.242. The summed E-state index contributed by atoms with van der Waals surface area (Å²) in [6, 6.07) is 0. The Labute approximate surface area is 148 Å². The number of imidazole rings is 1. The maximum atomic E-state index is 6.20. The predicted octanol–water partition coefficient (Wildman–Crippen LogP) is 3.36. The molecule has 2 N–H and O–H groups in total. The molecule has 132 valence electrons. The lowest BCUT2D eigenvalue weighted by atomic mass is 9.94. The second kappa shape index (κ2) is 6.92. The number of ether oxygens (including phenoxy) is 1. The van der Waals surface area contributed by atoms with Crippen LogP contribution in [0.1, 0.15) is 43.8 Å². The molecular formula is C18H28N4OS. The van der Waals surface area contributed by atoms with Gasteiger partial charge in [-0.15, -0.1) is 0 Å². The zero-order valence-corrected chi connectivity index (χ0v) is 16.0. The Bertz CT molecular complexity index is 738. The third kappa shape index (κ3) is 3.40. The van der Waals surface area contributed by atoms with Crippen molar-refractivity contribution in [1.82, 2.24) is 14.5 Å². The molecule has 6 heteroatoms. The number of nitrogen functional groups attached to an aromatic ring is 1. The van der Waals surface area contributed by atoms with Gasteiger partial charge in [0.05, 0.1) is 24.3 Å². The predicted molar refractivity (Wildman–Crippen MR) is 102 cm³/mol. The smallest absolute Gasteiger partial charge is 0.151 e. The van der Waals surface area contributed by atoms with Crippen molar-refractivity contribution < 1.29 is 4.74 Å². The minimum Gasteiger partial charge on any atom is -0.382 e. The number of thioether (sulfide) groups is 1. The molecule has 2 aromatic heterocycles. The minimum atomic E-state index is -0.242. The van der Waals surface area contributed by atoms with Gasteiger partial charge in [0, 0.05) is 11.4 Å². The van der Waals surface area contributed by atoms with Crippen LogP contribution in [0.2, 0.25) is 0 Å². The molecule has 3 rings (SSSR count). The third-order valence-corrected chi connectivity index (χ3v) is 5.28. The van der Waals surface area contributed by atoms with Crippen molar-refractivity contribution in [3.8, 4) is 0 Å². The van der Waals surface area contributed by atoms with Gasteiger partial charge in [-0.3, -0.25) is 0 Å². The Morgan fingerprint density at radius 1 is 1.25 bits per heavy atom. The number of nitrogens with zero attached hydrogens (tertiary/aromatic N) is 3. The third-order valence-electron chi connectivity index (χ3n) is 4.70. The highest BCUT2D eigenvalue weighted by Crippen LogP contribution is 2.32. The first-order valence-corrected chi connectivity index (χ1v) is 10.1. The molecule has 2 aromatic rings.